The molecule has 121 heavy (non-hydrogen) atoms. The average molecular weight is 1540 g/mol. The minimum absolute atomic E-state index is 0.238. The van der Waals surface area contributed by atoms with Crippen LogP contribution in [0.25, 0.3) is 133 Å². The van der Waals surface area contributed by atoms with Crippen LogP contribution in [0, 0.1) is 0 Å². The van der Waals surface area contributed by atoms with Gasteiger partial charge in [0.2, 0.25) is 0 Å². The summed E-state index contributed by atoms with van der Waals surface area (Å²) in [5.41, 5.74) is 44.1. The lowest BCUT2D eigenvalue weighted by molar-refractivity contribution is 0.660. The van der Waals surface area contributed by atoms with Crippen molar-refractivity contribution in [2.24, 2.45) is 0 Å². The summed E-state index contributed by atoms with van der Waals surface area (Å²) in [4.78, 5) is 5.17. The molecule has 2 nitrogen and oxygen atoms in total. The molecule has 19 aromatic carbocycles. The van der Waals surface area contributed by atoms with E-state index in [2.05, 4.69) is 463 Å². The van der Waals surface area contributed by atoms with Crippen LogP contribution < -0.4 is 9.80 Å². The summed E-state index contributed by atoms with van der Waals surface area (Å²) in [6.45, 7) is 12.1. The molecule has 0 fully saturated rings. The van der Waals surface area contributed by atoms with Gasteiger partial charge < -0.3 is 9.80 Å². The first-order chi connectivity index (χ1) is 59.4. The van der Waals surface area contributed by atoms with Crippen LogP contribution in [0.4, 0.5) is 34.1 Å². The zero-order valence-corrected chi connectivity index (χ0v) is 68.2. The van der Waals surface area contributed by atoms with E-state index in [4.69, 9.17) is 0 Å². The van der Waals surface area contributed by atoms with E-state index in [0.717, 1.165) is 56.4 Å². The molecule has 0 radical (unpaired) electrons. The van der Waals surface area contributed by atoms with Crippen LogP contribution in [0.3, 0.4) is 0 Å². The molecule has 1 unspecified atom stereocenters. The average Bonchev–Trinajstić information content (AvgIpc) is 1.51. The highest BCUT2D eigenvalue weighted by Gasteiger charge is 2.52. The third-order valence-corrected chi connectivity index (χ3v) is 28.2. The standard InChI is InChI=1S/C119H84N2/c1-116(2)101-52-22-17-42-90(101)95-66-61-81(71-107(95)116)121(84-63-68-97-94-46-21-26-56-105(94)119(110(97)74-84)103-54-24-19-44-92(103)93-45-20-25-55-104(93)119)112-59-31-51-99(114(112)77-35-11-7-12-36-77)89-49-28-38-78-70-79(60-65-86(78)89)87-47-29-57-106-115(87)100-69-64-82(72-108(100)117(106,3)4)120(83-62-67-96-91-43-18-23-53-102(91)118(5,109(96)73-83)80-39-13-8-14-40-80)111-58-30-50-98(113(111)76-33-9-6-10-34-76)88-48-27-37-75-32-15-16-41-85(75)88/h6-74H,1-5H3. The fraction of sp³-hybridized carbons (Fsp3) is 0.0756. The summed E-state index contributed by atoms with van der Waals surface area (Å²) in [5, 5.41) is 4.81. The molecule has 19 aromatic rings. The Balaban J connectivity index is 0.667. The predicted molar refractivity (Wildman–Crippen MR) is 507 cm³/mol. The summed E-state index contributed by atoms with van der Waals surface area (Å²) < 4.78 is 0. The Morgan fingerprint density at radius 3 is 1.09 bits per heavy atom. The molecule has 0 amide bonds. The fourth-order valence-corrected chi connectivity index (χ4v) is 22.6. The first-order valence-corrected chi connectivity index (χ1v) is 42.7. The molecule has 24 rings (SSSR count). The zero-order valence-electron chi connectivity index (χ0n) is 68.2. The highest BCUT2D eigenvalue weighted by Crippen LogP contribution is 2.65. The Hall–Kier alpha value is -14.7. The van der Waals surface area contributed by atoms with Crippen molar-refractivity contribution in [1.29, 1.82) is 0 Å². The quantitative estimate of drug-likeness (QED) is 0.120. The van der Waals surface area contributed by atoms with E-state index < -0.39 is 10.8 Å². The van der Waals surface area contributed by atoms with E-state index in [1.807, 2.05) is 0 Å². The third-order valence-electron chi connectivity index (χ3n) is 28.2. The van der Waals surface area contributed by atoms with Crippen molar-refractivity contribution in [3.05, 3.63) is 480 Å². The molecule has 0 saturated carbocycles. The molecule has 0 bridgehead atoms. The van der Waals surface area contributed by atoms with Gasteiger partial charge in [-0.25, -0.2) is 0 Å². The number of nitrogens with zero attached hydrogens (tertiary/aromatic N) is 2. The lowest BCUT2D eigenvalue weighted by atomic mass is 9.70. The largest absolute Gasteiger partial charge is 0.310 e. The predicted octanol–water partition coefficient (Wildman–Crippen LogP) is 31.6. The summed E-state index contributed by atoms with van der Waals surface area (Å²) >= 11 is 0. The lowest BCUT2D eigenvalue weighted by Crippen LogP contribution is -2.26. The van der Waals surface area contributed by atoms with Gasteiger partial charge in [-0.2, -0.15) is 0 Å². The molecule has 1 atom stereocenters. The second kappa shape index (κ2) is 26.7. The SMILES string of the molecule is CC1(C)c2ccccc2-c2ccc(N(c3ccc4c(c3)C3(c5ccccc5-c5ccccc53)c3ccccc3-4)c3cccc(-c4cccc5cc(-c6cccc7c6-c6ccc(N(c8ccc9c(c8)C(C)(c8ccccc8)c8ccccc8-9)c8cccc(-c9cccc%10ccccc9%10)c8-c8ccccc8)cc6C7(C)C)ccc45)c3-c3ccccc3)cc21. The van der Waals surface area contributed by atoms with Crippen molar-refractivity contribution in [1.82, 2.24) is 0 Å². The molecule has 0 heterocycles. The molecular formula is C119H84N2. The van der Waals surface area contributed by atoms with Crippen molar-refractivity contribution >= 4 is 55.7 Å². The number of hydrogen-bond donors (Lipinski definition) is 0. The Labute approximate surface area is 707 Å². The molecule has 2 heteroatoms. The number of rotatable bonds is 12. The van der Waals surface area contributed by atoms with Crippen molar-refractivity contribution in [3.8, 4) is 111 Å². The van der Waals surface area contributed by atoms with Gasteiger partial charge in [-0.05, 0) is 257 Å². The highest BCUT2D eigenvalue weighted by molar-refractivity contribution is 6.09. The first-order valence-electron chi connectivity index (χ1n) is 42.7. The van der Waals surface area contributed by atoms with Crippen molar-refractivity contribution < 1.29 is 0 Å². The monoisotopic (exact) mass is 1540 g/mol. The number of hydrogen-bond acceptors (Lipinski definition) is 2. The van der Waals surface area contributed by atoms with E-state index >= 15 is 0 Å². The van der Waals surface area contributed by atoms with Crippen LogP contribution in [-0.2, 0) is 21.7 Å². The normalized spacial score (nSPS) is 15.0. The molecule has 5 aliphatic rings. The van der Waals surface area contributed by atoms with E-state index in [0.29, 0.717) is 0 Å². The summed E-state index contributed by atoms with van der Waals surface area (Å²) in [7, 11) is 0. The van der Waals surface area contributed by atoms with Gasteiger partial charge in [-0.15, -0.1) is 0 Å². The first kappa shape index (κ1) is 70.5. The van der Waals surface area contributed by atoms with Crippen molar-refractivity contribution in [2.45, 2.75) is 56.3 Å². The van der Waals surface area contributed by atoms with E-state index in [1.165, 1.54) is 172 Å². The van der Waals surface area contributed by atoms with E-state index in [-0.39, 0.29) is 10.8 Å². The van der Waals surface area contributed by atoms with Crippen LogP contribution in [0.2, 0.25) is 0 Å². The van der Waals surface area contributed by atoms with Gasteiger partial charge in [-0.1, -0.05) is 380 Å². The summed E-state index contributed by atoms with van der Waals surface area (Å²) in [5.74, 6) is 0. The van der Waals surface area contributed by atoms with E-state index in [9.17, 15) is 0 Å². The number of benzene rings is 19. The summed E-state index contributed by atoms with van der Waals surface area (Å²) in [6, 6.07) is 159. The Morgan fingerprint density at radius 1 is 0.182 bits per heavy atom. The molecule has 5 aliphatic carbocycles. The molecule has 0 saturated heterocycles. The van der Waals surface area contributed by atoms with Crippen LogP contribution >= 0.6 is 0 Å². The Morgan fingerprint density at radius 2 is 0.529 bits per heavy atom. The number of fused-ring (bicyclic) bond motifs is 21. The Bertz CT molecular complexity index is 7480. The second-order valence-corrected chi connectivity index (χ2v) is 34.9. The molecule has 570 valence electrons. The summed E-state index contributed by atoms with van der Waals surface area (Å²) in [6.07, 6.45) is 0. The van der Waals surface area contributed by atoms with Gasteiger partial charge in [0, 0.05) is 50.1 Å². The van der Waals surface area contributed by atoms with Crippen LogP contribution in [-0.4, -0.2) is 0 Å². The molecule has 0 aliphatic heterocycles. The van der Waals surface area contributed by atoms with Crippen LogP contribution in [0.5, 0.6) is 0 Å². The minimum atomic E-state index is -0.536. The smallest absolute Gasteiger partial charge is 0.0726 e. The zero-order chi connectivity index (χ0) is 80.6. The van der Waals surface area contributed by atoms with E-state index in [1.54, 1.807) is 0 Å². The molecule has 0 aromatic heterocycles. The van der Waals surface area contributed by atoms with Crippen LogP contribution in [0.15, 0.2) is 419 Å². The molecule has 0 N–H and O–H groups in total. The highest BCUT2D eigenvalue weighted by atomic mass is 15.2. The van der Waals surface area contributed by atoms with Gasteiger partial charge in [0.05, 0.1) is 16.8 Å². The van der Waals surface area contributed by atoms with Crippen LogP contribution in [0.1, 0.15) is 95.8 Å². The second-order valence-electron chi connectivity index (χ2n) is 34.9. The topological polar surface area (TPSA) is 6.48 Å². The van der Waals surface area contributed by atoms with Gasteiger partial charge in [0.1, 0.15) is 0 Å². The van der Waals surface area contributed by atoms with Crippen molar-refractivity contribution in [2.75, 3.05) is 9.80 Å². The van der Waals surface area contributed by atoms with Gasteiger partial charge in [0.25, 0.3) is 0 Å². The fourth-order valence-electron chi connectivity index (χ4n) is 22.6. The van der Waals surface area contributed by atoms with Gasteiger partial charge in [-0.3, -0.25) is 0 Å². The Kier molecular flexibility index (Phi) is 15.5. The van der Waals surface area contributed by atoms with Crippen molar-refractivity contribution in [3.63, 3.8) is 0 Å². The van der Waals surface area contributed by atoms with Gasteiger partial charge in [0.15, 0.2) is 0 Å². The maximum absolute atomic E-state index is 2.59. The molecule has 1 spiro atoms. The maximum atomic E-state index is 2.59. The minimum Gasteiger partial charge on any atom is -0.310 e. The lowest BCUT2D eigenvalue weighted by Gasteiger charge is -2.33. The van der Waals surface area contributed by atoms with Gasteiger partial charge >= 0.3 is 0 Å². The number of anilines is 6. The maximum Gasteiger partial charge on any atom is 0.0726 e. The third kappa shape index (κ3) is 10.2. The molecular weight excluding hydrogens is 1460 g/mol.